The van der Waals surface area contributed by atoms with E-state index in [1.54, 1.807) is 0 Å². The number of likely N-dealkylation sites (N-methyl/N-ethyl adjacent to an activating group) is 1. The molecule has 0 bridgehead atoms. The third kappa shape index (κ3) is 7.77. The van der Waals surface area contributed by atoms with Gasteiger partial charge < -0.3 is 40.7 Å². The van der Waals surface area contributed by atoms with Gasteiger partial charge >= 0.3 is 0 Å². The molecule has 6 N–H and O–H groups in total. The third-order valence-electron chi connectivity index (χ3n) is 4.06. The van der Waals surface area contributed by atoms with Gasteiger partial charge in [0.15, 0.2) is 6.29 Å². The topological polar surface area (TPSA) is 166 Å². The summed E-state index contributed by atoms with van der Waals surface area (Å²) < 4.78 is 10.9. The Labute approximate surface area is 157 Å². The summed E-state index contributed by atoms with van der Waals surface area (Å²) in [5.41, 5.74) is 0. The largest absolute Gasteiger partial charge is 0.394 e. The molecule has 1 heterocycles. The molecule has 0 saturated carbocycles. The zero-order valence-electron chi connectivity index (χ0n) is 15.5. The van der Waals surface area contributed by atoms with Crippen molar-refractivity contribution in [3.05, 3.63) is 0 Å². The Morgan fingerprint density at radius 1 is 1.11 bits per heavy atom. The van der Waals surface area contributed by atoms with E-state index >= 15 is 0 Å². The second-order valence-electron chi connectivity index (χ2n) is 6.21. The zero-order chi connectivity index (χ0) is 20.4. The second-order valence-corrected chi connectivity index (χ2v) is 6.21. The number of nitrogens with one attached hydrogen (secondary N) is 3. The molecular formula is C16H29N3O8. The minimum atomic E-state index is -1.37. The number of aliphatic hydroxyl groups excluding tert-OH is 3. The average molecular weight is 391 g/mol. The minimum absolute atomic E-state index is 0.0805. The van der Waals surface area contributed by atoms with E-state index in [1.807, 2.05) is 0 Å². The summed E-state index contributed by atoms with van der Waals surface area (Å²) >= 11 is 0. The van der Waals surface area contributed by atoms with Gasteiger partial charge in [0.2, 0.25) is 17.7 Å². The highest BCUT2D eigenvalue weighted by molar-refractivity contribution is 5.84. The Morgan fingerprint density at radius 2 is 1.81 bits per heavy atom. The summed E-state index contributed by atoms with van der Waals surface area (Å²) in [6.07, 6.45) is -3.62. The van der Waals surface area contributed by atoms with Crippen LogP contribution in [-0.2, 0) is 23.9 Å². The van der Waals surface area contributed by atoms with Gasteiger partial charge in [-0.25, -0.2) is 0 Å². The van der Waals surface area contributed by atoms with Gasteiger partial charge in [0.25, 0.3) is 0 Å². The van der Waals surface area contributed by atoms with E-state index in [0.717, 1.165) is 0 Å². The molecule has 0 spiro atoms. The number of amides is 3. The number of carbonyl (C=O) groups is 3. The van der Waals surface area contributed by atoms with Crippen molar-refractivity contribution in [2.45, 2.75) is 56.8 Å². The molecule has 3 amide bonds. The molecule has 0 aromatic rings. The van der Waals surface area contributed by atoms with Crippen molar-refractivity contribution >= 4 is 17.7 Å². The molecule has 0 aromatic carbocycles. The minimum Gasteiger partial charge on any atom is -0.394 e. The normalized spacial score (nSPS) is 27.7. The van der Waals surface area contributed by atoms with Crippen LogP contribution < -0.4 is 16.0 Å². The molecule has 1 fully saturated rings. The molecule has 0 radical (unpaired) electrons. The highest BCUT2D eigenvalue weighted by Gasteiger charge is 2.45. The molecule has 1 saturated heterocycles. The first kappa shape index (κ1) is 23.2. The Hall–Kier alpha value is -1.79. The Morgan fingerprint density at radius 3 is 2.41 bits per heavy atom. The fraction of sp³-hybridized carbons (Fsp3) is 0.812. The van der Waals surface area contributed by atoms with Crippen LogP contribution in [-0.4, -0.2) is 90.5 Å². The maximum absolute atomic E-state index is 11.6. The molecule has 11 heteroatoms. The summed E-state index contributed by atoms with van der Waals surface area (Å²) in [7, 11) is 1.48. The van der Waals surface area contributed by atoms with Gasteiger partial charge in [-0.1, -0.05) is 0 Å². The monoisotopic (exact) mass is 391 g/mol. The van der Waals surface area contributed by atoms with Crippen LogP contribution in [0.1, 0.15) is 26.2 Å². The third-order valence-corrected chi connectivity index (χ3v) is 4.06. The SMILES string of the molecule is CNC(=O)CNC(=O)CCCCO[C@@H]1OC(CO)[C@H](O)C(O)C1NC(C)=O. The van der Waals surface area contributed by atoms with Crippen LogP contribution in [0.3, 0.4) is 0 Å². The van der Waals surface area contributed by atoms with Crippen LogP contribution in [0.5, 0.6) is 0 Å². The number of rotatable bonds is 10. The number of aliphatic hydroxyl groups is 3. The summed E-state index contributed by atoms with van der Waals surface area (Å²) in [4.78, 5) is 33.9. The van der Waals surface area contributed by atoms with Gasteiger partial charge in [-0.15, -0.1) is 0 Å². The van der Waals surface area contributed by atoms with E-state index in [0.29, 0.717) is 12.8 Å². The van der Waals surface area contributed by atoms with Crippen molar-refractivity contribution in [3.8, 4) is 0 Å². The molecule has 11 nitrogen and oxygen atoms in total. The number of carbonyl (C=O) groups excluding carboxylic acids is 3. The summed E-state index contributed by atoms with van der Waals surface area (Å²) in [5.74, 6) is -0.981. The molecule has 27 heavy (non-hydrogen) atoms. The maximum Gasteiger partial charge on any atom is 0.239 e. The molecule has 156 valence electrons. The van der Waals surface area contributed by atoms with Crippen LogP contribution in [0.2, 0.25) is 0 Å². The van der Waals surface area contributed by atoms with Crippen molar-refractivity contribution < 1.29 is 39.2 Å². The highest BCUT2D eigenvalue weighted by atomic mass is 16.7. The van der Waals surface area contributed by atoms with Gasteiger partial charge in [0.05, 0.1) is 13.2 Å². The maximum atomic E-state index is 11.6. The molecular weight excluding hydrogens is 362 g/mol. The lowest BCUT2D eigenvalue weighted by molar-refractivity contribution is -0.270. The quantitative estimate of drug-likeness (QED) is 0.214. The summed E-state index contributed by atoms with van der Waals surface area (Å²) in [5, 5.41) is 36.6. The fourth-order valence-electron chi connectivity index (χ4n) is 2.56. The number of ether oxygens (including phenoxy) is 2. The lowest BCUT2D eigenvalue weighted by Gasteiger charge is -2.42. The van der Waals surface area contributed by atoms with Gasteiger partial charge in [0.1, 0.15) is 24.4 Å². The van der Waals surface area contributed by atoms with E-state index in [1.165, 1.54) is 14.0 Å². The van der Waals surface area contributed by atoms with Gasteiger partial charge in [-0.05, 0) is 12.8 Å². The summed E-state index contributed by atoms with van der Waals surface area (Å²) in [6.45, 7) is 0.829. The van der Waals surface area contributed by atoms with E-state index in [2.05, 4.69) is 16.0 Å². The molecule has 1 rings (SSSR count). The lowest BCUT2D eigenvalue weighted by Crippen LogP contribution is -2.64. The van der Waals surface area contributed by atoms with Crippen LogP contribution in [0.15, 0.2) is 0 Å². The summed E-state index contributed by atoms with van der Waals surface area (Å²) in [6, 6.07) is -0.990. The molecule has 1 aliphatic rings. The average Bonchev–Trinajstić information content (AvgIpc) is 2.64. The van der Waals surface area contributed by atoms with Crippen molar-refractivity contribution in [2.75, 3.05) is 26.8 Å². The Balaban J connectivity index is 2.40. The first-order valence-electron chi connectivity index (χ1n) is 8.78. The predicted octanol–water partition coefficient (Wildman–Crippen LogP) is -3.02. The van der Waals surface area contributed by atoms with Crippen LogP contribution in [0.4, 0.5) is 0 Å². The number of unbranched alkanes of at least 4 members (excludes halogenated alkanes) is 1. The van der Waals surface area contributed by atoms with E-state index < -0.39 is 43.2 Å². The molecule has 0 aromatic heterocycles. The second kappa shape index (κ2) is 11.8. The van der Waals surface area contributed by atoms with Crippen molar-refractivity contribution in [3.63, 3.8) is 0 Å². The Kier molecular flexibility index (Phi) is 10.2. The van der Waals surface area contributed by atoms with Crippen molar-refractivity contribution in [1.29, 1.82) is 0 Å². The van der Waals surface area contributed by atoms with Gasteiger partial charge in [-0.2, -0.15) is 0 Å². The van der Waals surface area contributed by atoms with Gasteiger partial charge in [0, 0.05) is 27.0 Å². The number of hydrogen-bond acceptors (Lipinski definition) is 8. The lowest BCUT2D eigenvalue weighted by atomic mass is 9.97. The first-order valence-corrected chi connectivity index (χ1v) is 8.78. The van der Waals surface area contributed by atoms with Gasteiger partial charge in [-0.3, -0.25) is 14.4 Å². The number of hydrogen-bond donors (Lipinski definition) is 6. The van der Waals surface area contributed by atoms with Crippen LogP contribution in [0.25, 0.3) is 0 Å². The zero-order valence-corrected chi connectivity index (χ0v) is 15.5. The first-order chi connectivity index (χ1) is 12.8. The Bertz CT molecular complexity index is 504. The molecule has 0 aliphatic carbocycles. The standard InChI is InChI=1S/C16H29N3O8/c1-9(21)19-13-15(25)14(24)10(8-20)27-16(13)26-6-4-3-5-11(22)18-7-12(23)17-2/h10,13-16,20,24-25H,3-8H2,1-2H3,(H,17,23)(H,18,22)(H,19,21)/t10?,13?,14-,15?,16+/m0/s1. The van der Waals surface area contributed by atoms with Crippen LogP contribution in [0, 0.1) is 0 Å². The highest BCUT2D eigenvalue weighted by Crippen LogP contribution is 2.22. The molecule has 1 aliphatic heterocycles. The predicted molar refractivity (Wildman–Crippen MR) is 92.2 cm³/mol. The van der Waals surface area contributed by atoms with E-state index in [4.69, 9.17) is 9.47 Å². The van der Waals surface area contributed by atoms with Crippen molar-refractivity contribution in [2.24, 2.45) is 0 Å². The molecule has 5 atom stereocenters. The van der Waals surface area contributed by atoms with Crippen molar-refractivity contribution in [1.82, 2.24) is 16.0 Å². The van der Waals surface area contributed by atoms with E-state index in [9.17, 15) is 29.7 Å². The molecule has 3 unspecified atom stereocenters. The fourth-order valence-corrected chi connectivity index (χ4v) is 2.56. The van der Waals surface area contributed by atoms with E-state index in [-0.39, 0.29) is 31.4 Å². The smallest absolute Gasteiger partial charge is 0.239 e. The van der Waals surface area contributed by atoms with Crippen LogP contribution >= 0.6 is 0 Å².